The summed E-state index contributed by atoms with van der Waals surface area (Å²) in [6.07, 6.45) is 5.28. The Kier molecular flexibility index (Phi) is 7.96. The average Bonchev–Trinajstić information content (AvgIpc) is 2.81. The van der Waals surface area contributed by atoms with Crippen molar-refractivity contribution in [2.45, 2.75) is 69.5 Å². The van der Waals surface area contributed by atoms with Crippen molar-refractivity contribution < 1.29 is 22.1 Å². The molecule has 0 bridgehead atoms. The summed E-state index contributed by atoms with van der Waals surface area (Å²) in [5.74, 6) is 1.17. The zero-order chi connectivity index (χ0) is 27.6. The van der Waals surface area contributed by atoms with Gasteiger partial charge in [-0.05, 0) is 71.7 Å². The Morgan fingerprint density at radius 3 is 2.29 bits per heavy atom. The maximum atomic E-state index is 12.8. The number of hydrogen-bond acceptors (Lipinski definition) is 9. The van der Waals surface area contributed by atoms with E-state index in [2.05, 4.69) is 48.3 Å². The Bertz CT molecular complexity index is 1340. The molecule has 38 heavy (non-hydrogen) atoms. The highest BCUT2D eigenvalue weighted by atomic mass is 32.2. The Morgan fingerprint density at radius 2 is 1.68 bits per heavy atom. The zero-order valence-electron chi connectivity index (χ0n) is 22.7. The summed E-state index contributed by atoms with van der Waals surface area (Å²) in [7, 11) is -2.50. The van der Waals surface area contributed by atoms with Crippen molar-refractivity contribution in [3.8, 4) is 22.8 Å². The predicted octanol–water partition coefficient (Wildman–Crippen LogP) is 4.92. The van der Waals surface area contributed by atoms with Crippen LogP contribution in [0, 0.1) is 6.92 Å². The monoisotopic (exact) mass is 540 g/mol. The lowest BCUT2D eigenvalue weighted by molar-refractivity contribution is 0.0514. The number of benzene rings is 2. The first-order valence-corrected chi connectivity index (χ1v) is 13.9. The lowest BCUT2D eigenvalue weighted by Crippen LogP contribution is -2.60. The largest absolute Gasteiger partial charge is 0.467 e. The molecule has 2 N–H and O–H groups in total. The van der Waals surface area contributed by atoms with Crippen molar-refractivity contribution in [3.05, 3.63) is 60.4 Å². The average molecular weight is 541 g/mol. The van der Waals surface area contributed by atoms with E-state index in [0.717, 1.165) is 18.4 Å². The number of rotatable bonds is 9. The smallest absolute Gasteiger partial charge is 0.339 e. The number of anilines is 1. The molecule has 1 fully saturated rings. The number of nitrogens with one attached hydrogen (secondary N) is 2. The molecule has 0 atom stereocenters. The highest BCUT2D eigenvalue weighted by Gasteiger charge is 2.37. The van der Waals surface area contributed by atoms with E-state index in [-0.39, 0.29) is 34.6 Å². The molecule has 1 aromatic heterocycles. The predicted molar refractivity (Wildman–Crippen MR) is 147 cm³/mol. The third kappa shape index (κ3) is 7.00. The molecule has 3 aromatic rings. The molecule has 2 heterocycles. The number of aryl methyl sites for hydroxylation is 1. The van der Waals surface area contributed by atoms with Crippen LogP contribution in [0.5, 0.6) is 11.5 Å². The van der Waals surface area contributed by atoms with Crippen molar-refractivity contribution in [3.63, 3.8) is 0 Å². The molecule has 2 aromatic carbocycles. The summed E-state index contributed by atoms with van der Waals surface area (Å²) < 4.78 is 41.7. The minimum absolute atomic E-state index is 0.0110. The summed E-state index contributed by atoms with van der Waals surface area (Å²) in [5.41, 5.74) is 2.18. The van der Waals surface area contributed by atoms with Gasteiger partial charge < -0.3 is 24.3 Å². The van der Waals surface area contributed by atoms with Crippen LogP contribution in [0.2, 0.25) is 0 Å². The second-order valence-electron chi connectivity index (χ2n) is 11.0. The van der Waals surface area contributed by atoms with Crippen LogP contribution in [0.25, 0.3) is 11.3 Å². The molecule has 204 valence electrons. The molecule has 1 aliphatic heterocycles. The molecular weight excluding hydrogens is 504 g/mol. The Hall–Kier alpha value is -3.21. The molecule has 4 rings (SSSR count). The minimum Gasteiger partial charge on any atom is -0.467 e. The molecule has 0 saturated carbocycles. The lowest BCUT2D eigenvalue weighted by atomic mass is 9.79. The molecular formula is C28H36N4O5S. The van der Waals surface area contributed by atoms with Gasteiger partial charge >= 0.3 is 10.1 Å². The summed E-state index contributed by atoms with van der Waals surface area (Å²) in [6, 6.07) is 11.5. The fourth-order valence-electron chi connectivity index (χ4n) is 5.06. The summed E-state index contributed by atoms with van der Waals surface area (Å²) in [4.78, 5) is 9.25. The van der Waals surface area contributed by atoms with Crippen molar-refractivity contribution >= 4 is 15.9 Å². The van der Waals surface area contributed by atoms with Crippen LogP contribution in [-0.4, -0.2) is 49.4 Å². The van der Waals surface area contributed by atoms with Crippen LogP contribution >= 0.6 is 0 Å². The molecule has 9 nitrogen and oxygen atoms in total. The Labute approximate surface area is 225 Å². The van der Waals surface area contributed by atoms with E-state index in [1.54, 1.807) is 36.7 Å². The summed E-state index contributed by atoms with van der Waals surface area (Å²) in [5, 5.41) is 7.21. The van der Waals surface area contributed by atoms with Crippen LogP contribution in [0.15, 0.2) is 59.8 Å². The second kappa shape index (κ2) is 10.9. The van der Waals surface area contributed by atoms with Gasteiger partial charge in [0.05, 0.1) is 18.1 Å². The van der Waals surface area contributed by atoms with Gasteiger partial charge in [-0.1, -0.05) is 17.7 Å². The van der Waals surface area contributed by atoms with E-state index in [9.17, 15) is 8.42 Å². The van der Waals surface area contributed by atoms with Gasteiger partial charge in [-0.25, -0.2) is 4.98 Å². The van der Waals surface area contributed by atoms with Gasteiger partial charge in [-0.2, -0.15) is 8.42 Å². The first-order valence-electron chi connectivity index (χ1n) is 12.5. The fourth-order valence-corrected chi connectivity index (χ4v) is 5.99. The van der Waals surface area contributed by atoms with Crippen LogP contribution in [0.1, 0.15) is 46.1 Å². The third-order valence-corrected chi connectivity index (χ3v) is 7.53. The molecule has 10 heteroatoms. The standard InChI is InChI=1S/C28H36N4O5S/c1-19-7-10-22(11-8-19)38(33,34)37-21-9-12-23(25(13-21)36-18-35-6)24-16-30-26(17-29-24)31-20-14-27(2,3)32-28(4,5)15-20/h7-13,16-17,20,32H,14-15,18H2,1-6H3,(H,30,31). The number of ether oxygens (including phenoxy) is 2. The van der Waals surface area contributed by atoms with Crippen LogP contribution in [0.3, 0.4) is 0 Å². The first-order chi connectivity index (χ1) is 17.9. The maximum absolute atomic E-state index is 12.8. The van der Waals surface area contributed by atoms with Gasteiger partial charge in [0.2, 0.25) is 0 Å². The first kappa shape index (κ1) is 27.8. The number of hydrogen-bond donors (Lipinski definition) is 2. The number of methoxy groups -OCH3 is 1. The Balaban J connectivity index is 1.54. The van der Waals surface area contributed by atoms with Gasteiger partial charge in [0.25, 0.3) is 0 Å². The summed E-state index contributed by atoms with van der Waals surface area (Å²) >= 11 is 0. The Morgan fingerprint density at radius 1 is 1.00 bits per heavy atom. The van der Waals surface area contributed by atoms with Gasteiger partial charge in [-0.3, -0.25) is 4.98 Å². The molecule has 1 aliphatic rings. The second-order valence-corrected chi connectivity index (χ2v) is 12.5. The maximum Gasteiger partial charge on any atom is 0.339 e. The van der Waals surface area contributed by atoms with Gasteiger partial charge in [0.15, 0.2) is 6.79 Å². The van der Waals surface area contributed by atoms with Crippen molar-refractivity contribution in [1.82, 2.24) is 15.3 Å². The van der Waals surface area contributed by atoms with Crippen molar-refractivity contribution in [2.75, 3.05) is 19.2 Å². The van der Waals surface area contributed by atoms with E-state index >= 15 is 0 Å². The normalized spacial score (nSPS) is 17.1. The topological polar surface area (TPSA) is 112 Å². The molecule has 0 radical (unpaired) electrons. The molecule has 0 unspecified atom stereocenters. The number of nitrogens with zero attached hydrogens (tertiary/aromatic N) is 2. The van der Waals surface area contributed by atoms with Crippen molar-refractivity contribution in [1.29, 1.82) is 0 Å². The van der Waals surface area contributed by atoms with E-state index in [1.807, 2.05) is 6.92 Å². The highest BCUT2D eigenvalue weighted by Crippen LogP contribution is 2.34. The van der Waals surface area contributed by atoms with Crippen LogP contribution < -0.4 is 19.6 Å². The molecule has 0 aliphatic carbocycles. The number of aromatic nitrogens is 2. The quantitative estimate of drug-likeness (QED) is 0.288. The number of piperidine rings is 1. The van der Waals surface area contributed by atoms with E-state index < -0.39 is 10.1 Å². The van der Waals surface area contributed by atoms with Gasteiger partial charge in [0, 0.05) is 35.9 Å². The van der Waals surface area contributed by atoms with Crippen LogP contribution in [-0.2, 0) is 14.9 Å². The lowest BCUT2D eigenvalue weighted by Gasteiger charge is -2.46. The van der Waals surface area contributed by atoms with E-state index in [0.29, 0.717) is 22.8 Å². The minimum atomic E-state index is -4.01. The van der Waals surface area contributed by atoms with Gasteiger partial charge in [-0.15, -0.1) is 0 Å². The van der Waals surface area contributed by atoms with E-state index in [1.165, 1.54) is 25.3 Å². The molecule has 0 spiro atoms. The SMILES string of the molecule is COCOc1cc(OS(=O)(=O)c2ccc(C)cc2)ccc1-c1cnc(NC2CC(C)(C)NC(C)(C)C2)cn1. The third-order valence-electron chi connectivity index (χ3n) is 6.27. The van der Waals surface area contributed by atoms with Gasteiger partial charge in [0.1, 0.15) is 22.2 Å². The van der Waals surface area contributed by atoms with E-state index in [4.69, 9.17) is 13.7 Å². The molecule has 1 saturated heterocycles. The highest BCUT2D eigenvalue weighted by molar-refractivity contribution is 7.87. The molecule has 0 amide bonds. The zero-order valence-corrected chi connectivity index (χ0v) is 23.6. The van der Waals surface area contributed by atoms with Crippen LogP contribution in [0.4, 0.5) is 5.82 Å². The van der Waals surface area contributed by atoms with Crippen molar-refractivity contribution in [2.24, 2.45) is 0 Å². The fraction of sp³-hybridized carbons (Fsp3) is 0.429. The summed E-state index contributed by atoms with van der Waals surface area (Å²) in [6.45, 7) is 10.7.